The molecule has 1 unspecified atom stereocenters. The summed E-state index contributed by atoms with van der Waals surface area (Å²) in [6.45, 7) is -0.714. The Morgan fingerprint density at radius 2 is 2.22 bits per heavy atom. The molecule has 18 heavy (non-hydrogen) atoms. The number of nitrogens with zero attached hydrogens (tertiary/aromatic N) is 1. The van der Waals surface area contributed by atoms with Gasteiger partial charge in [0.05, 0.1) is 18.3 Å². The summed E-state index contributed by atoms with van der Waals surface area (Å²) in [5, 5.41) is 28.8. The third kappa shape index (κ3) is 4.41. The molecule has 0 aliphatic rings. The van der Waals surface area contributed by atoms with Crippen molar-refractivity contribution in [3.05, 3.63) is 29.8 Å². The van der Waals surface area contributed by atoms with E-state index in [9.17, 15) is 4.79 Å². The second kappa shape index (κ2) is 7.27. The van der Waals surface area contributed by atoms with E-state index in [2.05, 4.69) is 5.32 Å². The van der Waals surface area contributed by atoms with Gasteiger partial charge < -0.3 is 20.3 Å². The minimum atomic E-state index is -0.986. The Labute approximate surface area is 104 Å². The van der Waals surface area contributed by atoms with Crippen LogP contribution in [0, 0.1) is 11.3 Å². The highest BCUT2D eigenvalue weighted by Gasteiger charge is 2.08. The van der Waals surface area contributed by atoms with Gasteiger partial charge in [-0.05, 0) is 12.1 Å². The van der Waals surface area contributed by atoms with Gasteiger partial charge in [0.1, 0.15) is 11.8 Å². The maximum atomic E-state index is 11.3. The topological polar surface area (TPSA) is 103 Å². The minimum Gasteiger partial charge on any atom is -0.482 e. The van der Waals surface area contributed by atoms with E-state index in [1.165, 1.54) is 0 Å². The third-order valence-electron chi connectivity index (χ3n) is 2.11. The van der Waals surface area contributed by atoms with E-state index in [1.54, 1.807) is 24.3 Å². The molecule has 0 heterocycles. The van der Waals surface area contributed by atoms with Gasteiger partial charge in [-0.15, -0.1) is 0 Å². The van der Waals surface area contributed by atoms with E-state index in [0.29, 0.717) is 11.3 Å². The van der Waals surface area contributed by atoms with Crippen molar-refractivity contribution < 1.29 is 19.7 Å². The first-order valence-electron chi connectivity index (χ1n) is 5.35. The van der Waals surface area contributed by atoms with E-state index in [1.807, 2.05) is 6.07 Å². The lowest BCUT2D eigenvalue weighted by molar-refractivity contribution is -0.123. The van der Waals surface area contributed by atoms with E-state index in [4.69, 9.17) is 20.2 Å². The van der Waals surface area contributed by atoms with Gasteiger partial charge in [0.25, 0.3) is 5.91 Å². The summed E-state index contributed by atoms with van der Waals surface area (Å²) in [6, 6.07) is 8.52. The number of carbonyl (C=O) groups is 1. The second-order valence-electron chi connectivity index (χ2n) is 3.54. The van der Waals surface area contributed by atoms with Crippen LogP contribution in [0.4, 0.5) is 0 Å². The summed E-state index contributed by atoms with van der Waals surface area (Å²) in [4.78, 5) is 11.3. The summed E-state index contributed by atoms with van der Waals surface area (Å²) in [7, 11) is 0. The Hall–Kier alpha value is -2.10. The summed E-state index contributed by atoms with van der Waals surface area (Å²) >= 11 is 0. The molecular formula is C12H14N2O4. The van der Waals surface area contributed by atoms with Crippen LogP contribution in [-0.4, -0.2) is 42.0 Å². The number of ether oxygens (including phenoxy) is 1. The van der Waals surface area contributed by atoms with Gasteiger partial charge >= 0.3 is 0 Å². The molecule has 0 saturated heterocycles. The fourth-order valence-electron chi connectivity index (χ4n) is 1.18. The van der Waals surface area contributed by atoms with Crippen LogP contribution in [0.5, 0.6) is 5.75 Å². The van der Waals surface area contributed by atoms with Crippen molar-refractivity contribution in [2.24, 2.45) is 0 Å². The molecule has 0 spiro atoms. The molecule has 0 fully saturated rings. The van der Waals surface area contributed by atoms with Gasteiger partial charge in [0.2, 0.25) is 0 Å². The highest BCUT2D eigenvalue weighted by atomic mass is 16.5. The largest absolute Gasteiger partial charge is 0.482 e. The Balaban J connectivity index is 2.41. The zero-order chi connectivity index (χ0) is 13.4. The molecule has 3 N–H and O–H groups in total. The predicted octanol–water partition coefficient (Wildman–Crippen LogP) is -0.594. The number of hydrogen-bond donors (Lipinski definition) is 3. The Bertz CT molecular complexity index is 442. The summed E-state index contributed by atoms with van der Waals surface area (Å²) < 4.78 is 5.18. The number of carbonyl (C=O) groups excluding carboxylic acids is 1. The van der Waals surface area contributed by atoms with Crippen LogP contribution in [-0.2, 0) is 4.79 Å². The maximum Gasteiger partial charge on any atom is 0.258 e. The van der Waals surface area contributed by atoms with Gasteiger partial charge in [0, 0.05) is 6.54 Å². The molecule has 0 saturated carbocycles. The van der Waals surface area contributed by atoms with E-state index >= 15 is 0 Å². The zero-order valence-corrected chi connectivity index (χ0v) is 9.67. The third-order valence-corrected chi connectivity index (χ3v) is 2.11. The zero-order valence-electron chi connectivity index (χ0n) is 9.67. The van der Waals surface area contributed by atoms with Crippen molar-refractivity contribution >= 4 is 5.91 Å². The molecule has 1 aromatic rings. The number of aliphatic hydroxyl groups excluding tert-OH is 2. The van der Waals surface area contributed by atoms with Gasteiger partial charge in [-0.2, -0.15) is 5.26 Å². The van der Waals surface area contributed by atoms with Crippen molar-refractivity contribution in [1.29, 1.82) is 5.26 Å². The van der Waals surface area contributed by atoms with Gasteiger partial charge in [0.15, 0.2) is 6.61 Å². The van der Waals surface area contributed by atoms with E-state index < -0.39 is 18.6 Å². The Morgan fingerprint density at radius 3 is 2.89 bits per heavy atom. The van der Waals surface area contributed by atoms with Crippen molar-refractivity contribution in [3.63, 3.8) is 0 Å². The van der Waals surface area contributed by atoms with E-state index in [-0.39, 0.29) is 13.2 Å². The molecule has 96 valence electrons. The van der Waals surface area contributed by atoms with Crippen LogP contribution >= 0.6 is 0 Å². The number of amides is 1. The van der Waals surface area contributed by atoms with Crippen LogP contribution in [0.3, 0.4) is 0 Å². The van der Waals surface area contributed by atoms with Crippen LogP contribution in [0.2, 0.25) is 0 Å². The Kier molecular flexibility index (Phi) is 5.64. The number of aliphatic hydroxyl groups is 2. The fraction of sp³-hybridized carbons (Fsp3) is 0.333. The molecule has 1 atom stereocenters. The number of para-hydroxylation sites is 1. The second-order valence-corrected chi connectivity index (χ2v) is 3.54. The summed E-state index contributed by atoms with van der Waals surface area (Å²) in [6.07, 6.45) is -0.986. The lowest BCUT2D eigenvalue weighted by atomic mass is 10.2. The monoisotopic (exact) mass is 250 g/mol. The molecule has 0 aliphatic heterocycles. The van der Waals surface area contributed by atoms with Crippen LogP contribution < -0.4 is 10.1 Å². The normalized spacial score (nSPS) is 11.4. The van der Waals surface area contributed by atoms with Gasteiger partial charge in [-0.1, -0.05) is 12.1 Å². The molecule has 6 heteroatoms. The highest BCUT2D eigenvalue weighted by Crippen LogP contribution is 2.15. The van der Waals surface area contributed by atoms with Crippen molar-refractivity contribution in [2.75, 3.05) is 19.8 Å². The first kappa shape index (κ1) is 14.0. The highest BCUT2D eigenvalue weighted by molar-refractivity contribution is 5.77. The molecule has 0 bridgehead atoms. The standard InChI is InChI=1S/C12H14N2O4/c13-5-9-3-1-2-4-11(9)18-8-12(17)14-6-10(16)7-15/h1-4,10,15-16H,6-8H2,(H,14,17). The summed E-state index contributed by atoms with van der Waals surface area (Å²) in [5.41, 5.74) is 0.348. The average Bonchev–Trinajstić information content (AvgIpc) is 2.42. The lowest BCUT2D eigenvalue weighted by Crippen LogP contribution is -2.36. The van der Waals surface area contributed by atoms with Gasteiger partial charge in [-0.3, -0.25) is 4.79 Å². The predicted molar refractivity (Wildman–Crippen MR) is 62.8 cm³/mol. The lowest BCUT2D eigenvalue weighted by Gasteiger charge is -2.10. The summed E-state index contributed by atoms with van der Waals surface area (Å²) in [5.74, 6) is -0.104. The molecule has 0 aromatic heterocycles. The molecule has 0 aliphatic carbocycles. The van der Waals surface area contributed by atoms with Gasteiger partial charge in [-0.25, -0.2) is 0 Å². The van der Waals surface area contributed by atoms with Crippen molar-refractivity contribution in [1.82, 2.24) is 5.32 Å². The molecule has 0 radical (unpaired) electrons. The van der Waals surface area contributed by atoms with E-state index in [0.717, 1.165) is 0 Å². The smallest absolute Gasteiger partial charge is 0.258 e. The van der Waals surface area contributed by atoms with Crippen LogP contribution in [0.25, 0.3) is 0 Å². The first-order chi connectivity index (χ1) is 8.67. The number of nitrogens with one attached hydrogen (secondary N) is 1. The molecule has 6 nitrogen and oxygen atoms in total. The Morgan fingerprint density at radius 1 is 1.50 bits per heavy atom. The number of benzene rings is 1. The van der Waals surface area contributed by atoms with Crippen molar-refractivity contribution in [2.45, 2.75) is 6.10 Å². The first-order valence-corrected chi connectivity index (χ1v) is 5.35. The quantitative estimate of drug-likeness (QED) is 0.626. The molecule has 1 aromatic carbocycles. The minimum absolute atomic E-state index is 0.0431. The SMILES string of the molecule is N#Cc1ccccc1OCC(=O)NCC(O)CO. The maximum absolute atomic E-state index is 11.3. The molecular weight excluding hydrogens is 236 g/mol. The number of rotatable bonds is 6. The van der Waals surface area contributed by atoms with Crippen LogP contribution in [0.15, 0.2) is 24.3 Å². The van der Waals surface area contributed by atoms with Crippen molar-refractivity contribution in [3.8, 4) is 11.8 Å². The number of nitriles is 1. The number of hydrogen-bond acceptors (Lipinski definition) is 5. The van der Waals surface area contributed by atoms with Crippen LogP contribution in [0.1, 0.15) is 5.56 Å². The molecule has 1 rings (SSSR count). The molecule has 1 amide bonds. The fourth-order valence-corrected chi connectivity index (χ4v) is 1.18. The average molecular weight is 250 g/mol.